The summed E-state index contributed by atoms with van der Waals surface area (Å²) in [5.74, 6) is -0.695. The lowest BCUT2D eigenvalue weighted by Gasteiger charge is -2.27. The molecule has 0 spiro atoms. The molecule has 5 heterocycles. The first-order valence-electron chi connectivity index (χ1n) is 17.3. The third kappa shape index (κ3) is 9.95. The van der Waals surface area contributed by atoms with E-state index >= 15 is 8.78 Å². The smallest absolute Gasteiger partial charge is 0.469 e. The number of hydrogen-bond acceptors (Lipinski definition) is 17. The highest BCUT2D eigenvalue weighted by Gasteiger charge is 2.52. The first-order valence-corrected chi connectivity index (χ1v) is 21.9. The van der Waals surface area contributed by atoms with Crippen LogP contribution in [0.1, 0.15) is 34.8 Å². The lowest BCUT2D eigenvalue weighted by molar-refractivity contribution is -0.0527. The number of aromatic amines is 1. The number of carbonyl (C=O) groups excluding carboxylic acids is 1. The molecule has 3 unspecified atom stereocenters. The lowest BCUT2D eigenvalue weighted by Crippen LogP contribution is -2.37. The summed E-state index contributed by atoms with van der Waals surface area (Å²) in [6.45, 7) is -6.26. The average Bonchev–Trinajstić information content (AvgIpc) is 3.88. The van der Waals surface area contributed by atoms with E-state index in [-0.39, 0.29) is 46.2 Å². The van der Waals surface area contributed by atoms with Gasteiger partial charge in [-0.05, 0) is 53.3 Å². The molecule has 0 radical (unpaired) electrons. The SMILES string of the molecule is Nc1ncnc2c1ncn2[C@@H]1OC(COP(=O)(O[C@@H]2[C@H](F)C(COP(=O)(O)O)O[C@H]2n2ccc(=O)[nH]c2=O)SCc2ccc(OC(=O)c3ccc(O)cc3)cc2)C[C@H]1F. The second-order valence-electron chi connectivity index (χ2n) is 13.0. The number of nitrogen functional groups attached to an aromatic ring is 1. The fourth-order valence-corrected chi connectivity index (χ4v) is 9.78. The van der Waals surface area contributed by atoms with Gasteiger partial charge in [0, 0.05) is 24.4 Å². The first-order chi connectivity index (χ1) is 28.1. The van der Waals surface area contributed by atoms with Crippen LogP contribution in [-0.4, -0.2) is 93.8 Å². The van der Waals surface area contributed by atoms with Crippen LogP contribution in [0.3, 0.4) is 0 Å². The van der Waals surface area contributed by atoms with E-state index in [1.54, 1.807) is 0 Å². The van der Waals surface area contributed by atoms with Crippen LogP contribution in [0.4, 0.5) is 14.6 Å². The van der Waals surface area contributed by atoms with Crippen LogP contribution in [0.15, 0.2) is 83.0 Å². The summed E-state index contributed by atoms with van der Waals surface area (Å²) >= 11 is 0.554. The lowest BCUT2D eigenvalue weighted by atomic mass is 10.1. The number of esters is 1. The minimum atomic E-state index is -5.14. The zero-order valence-corrected chi connectivity index (χ0v) is 32.6. The summed E-state index contributed by atoms with van der Waals surface area (Å²) in [5, 5.41) is 9.48. The Bertz CT molecular complexity index is 2530. The average molecular weight is 884 g/mol. The summed E-state index contributed by atoms with van der Waals surface area (Å²) < 4.78 is 92.8. The number of benzene rings is 2. The van der Waals surface area contributed by atoms with Crippen molar-refractivity contribution >= 4 is 49.0 Å². The number of nitrogens with two attached hydrogens (primary N) is 1. The topological polar surface area (TPSA) is 292 Å². The normalized spacial score (nSPS) is 24.3. The molecule has 314 valence electrons. The van der Waals surface area contributed by atoms with Crippen molar-refractivity contribution < 1.29 is 65.4 Å². The third-order valence-electron chi connectivity index (χ3n) is 8.88. The second kappa shape index (κ2) is 17.4. The predicted molar refractivity (Wildman–Crippen MR) is 201 cm³/mol. The molecule has 3 aromatic heterocycles. The summed E-state index contributed by atoms with van der Waals surface area (Å²) in [6.07, 6.45) is -8.77. The van der Waals surface area contributed by atoms with Gasteiger partial charge in [-0.15, -0.1) is 0 Å². The van der Waals surface area contributed by atoms with E-state index in [1.165, 1.54) is 65.8 Å². The number of rotatable bonds is 15. The molecule has 2 aliphatic rings. The van der Waals surface area contributed by atoms with E-state index in [4.69, 9.17) is 29.0 Å². The van der Waals surface area contributed by atoms with Gasteiger partial charge in [0.2, 0.25) is 0 Å². The van der Waals surface area contributed by atoms with Crippen LogP contribution >= 0.6 is 26.0 Å². The number of fused-ring (bicyclic) bond motifs is 1. The van der Waals surface area contributed by atoms with Gasteiger partial charge in [-0.25, -0.2) is 42.5 Å². The molecular weight excluding hydrogens is 850 g/mol. The predicted octanol–water partition coefficient (Wildman–Crippen LogP) is 3.30. The fourth-order valence-electron chi connectivity index (χ4n) is 6.07. The van der Waals surface area contributed by atoms with E-state index in [9.17, 15) is 38.4 Å². The standard InChI is InChI=1S/C33H33F2N7O14P2S/c34-22-11-21(53-30(22)42-16-39-26-28(36)37-15-38-29(26)42)12-52-58(50,59-14-17-1-7-20(8-2-17)54-32(45)18-3-5-19(43)6-4-18)56-27-25(35)23(13-51-57(47,48)49)55-31(27)41-10-9-24(44)40-33(41)46/h1-10,15-16,21-23,25,27,30-31,43H,11-14H2,(H2,36,37,38)(H,40,44,46)(H2,47,48,49)/t21?,22-,23?,25-,27-,30-,31-,58?/m1/s1. The fraction of sp³-hybridized carbons (Fsp3) is 0.333. The van der Waals surface area contributed by atoms with Gasteiger partial charge in [0.15, 0.2) is 30.1 Å². The van der Waals surface area contributed by atoms with Crippen LogP contribution in [0.2, 0.25) is 0 Å². The number of carbonyl (C=O) groups is 1. The Hall–Kier alpha value is -4.87. The van der Waals surface area contributed by atoms with Gasteiger partial charge in [0.05, 0.1) is 31.2 Å². The number of aromatic nitrogens is 6. The van der Waals surface area contributed by atoms with E-state index in [0.717, 1.165) is 12.3 Å². The Balaban J connectivity index is 1.12. The van der Waals surface area contributed by atoms with E-state index in [0.29, 0.717) is 21.5 Å². The highest BCUT2D eigenvalue weighted by Crippen LogP contribution is 2.64. The molecule has 2 aromatic carbocycles. The Morgan fingerprint density at radius 1 is 0.966 bits per heavy atom. The number of hydrogen-bond donors (Lipinski definition) is 5. The second-order valence-corrected chi connectivity index (χ2v) is 18.2. The first kappa shape index (κ1) is 42.3. The minimum absolute atomic E-state index is 0.0398. The largest absolute Gasteiger partial charge is 0.508 e. The number of alkyl halides is 2. The highest BCUT2D eigenvalue weighted by molar-refractivity contribution is 8.54. The van der Waals surface area contributed by atoms with Crippen molar-refractivity contribution in [2.75, 3.05) is 18.9 Å². The van der Waals surface area contributed by atoms with Gasteiger partial charge in [0.25, 0.3) is 5.56 Å². The van der Waals surface area contributed by atoms with Gasteiger partial charge >= 0.3 is 26.3 Å². The molecule has 8 atom stereocenters. The Morgan fingerprint density at radius 2 is 1.71 bits per heavy atom. The number of aromatic hydroxyl groups is 1. The Labute approximate surface area is 333 Å². The van der Waals surface area contributed by atoms with Crippen molar-refractivity contribution in [3.63, 3.8) is 0 Å². The van der Waals surface area contributed by atoms with Crippen LogP contribution in [0.5, 0.6) is 11.5 Å². The summed E-state index contributed by atoms with van der Waals surface area (Å²) in [6, 6.07) is 12.2. The number of halogens is 2. The number of ether oxygens (including phenoxy) is 3. The molecule has 0 bridgehead atoms. The maximum Gasteiger partial charge on any atom is 0.469 e. The van der Waals surface area contributed by atoms with Crippen LogP contribution in [0, 0.1) is 0 Å². The number of phenolic OH excluding ortho intramolecular Hbond substituents is 1. The Kier molecular flexibility index (Phi) is 12.5. The number of phosphoric ester groups is 1. The minimum Gasteiger partial charge on any atom is -0.508 e. The third-order valence-corrected chi connectivity index (χ3v) is 13.0. The maximum atomic E-state index is 16.2. The van der Waals surface area contributed by atoms with Gasteiger partial charge < -0.3 is 34.8 Å². The Morgan fingerprint density at radius 3 is 2.42 bits per heavy atom. The van der Waals surface area contributed by atoms with Crippen LogP contribution in [-0.2, 0) is 37.9 Å². The molecule has 0 saturated carbocycles. The summed E-state index contributed by atoms with van der Waals surface area (Å²) in [4.78, 5) is 69.7. The highest BCUT2D eigenvalue weighted by atomic mass is 32.7. The van der Waals surface area contributed by atoms with Crippen molar-refractivity contribution in [1.29, 1.82) is 0 Å². The number of H-pyrrole nitrogens is 1. The van der Waals surface area contributed by atoms with Gasteiger partial charge in [-0.3, -0.25) is 32.5 Å². The molecule has 6 N–H and O–H groups in total. The number of anilines is 1. The molecule has 2 fully saturated rings. The molecule has 0 aliphatic carbocycles. The van der Waals surface area contributed by atoms with Gasteiger partial charge in [-0.2, -0.15) is 0 Å². The van der Waals surface area contributed by atoms with Crippen LogP contribution < -0.4 is 21.7 Å². The zero-order valence-electron chi connectivity index (χ0n) is 30.0. The van der Waals surface area contributed by atoms with Crippen molar-refractivity contribution in [3.05, 3.63) is 105 Å². The molecular formula is C33H33F2N7O14P2S. The molecule has 2 aliphatic heterocycles. The molecule has 5 aromatic rings. The van der Waals surface area contributed by atoms with Gasteiger partial charge in [0.1, 0.15) is 41.7 Å². The molecule has 0 amide bonds. The van der Waals surface area contributed by atoms with E-state index in [1.807, 2.05) is 4.98 Å². The number of nitrogens with one attached hydrogen (secondary N) is 1. The quantitative estimate of drug-likeness (QED) is 0.0572. The zero-order chi connectivity index (χ0) is 42.1. The van der Waals surface area contributed by atoms with Crippen molar-refractivity contribution in [3.8, 4) is 11.5 Å². The van der Waals surface area contributed by atoms with E-state index in [2.05, 4.69) is 19.5 Å². The van der Waals surface area contributed by atoms with Gasteiger partial charge in [-0.1, -0.05) is 12.1 Å². The summed E-state index contributed by atoms with van der Waals surface area (Å²) in [5.41, 5.74) is 5.01. The maximum absolute atomic E-state index is 16.2. The van der Waals surface area contributed by atoms with Crippen molar-refractivity contribution in [2.24, 2.45) is 0 Å². The molecule has 2 saturated heterocycles. The number of imidazole rings is 1. The summed E-state index contributed by atoms with van der Waals surface area (Å²) in [7, 11) is -5.14. The van der Waals surface area contributed by atoms with Crippen LogP contribution in [0.25, 0.3) is 11.2 Å². The molecule has 7 rings (SSSR count). The van der Waals surface area contributed by atoms with E-state index < -0.39 is 88.2 Å². The number of phosphoric acid groups is 1. The number of phenols is 1. The van der Waals surface area contributed by atoms with Crippen molar-refractivity contribution in [2.45, 2.75) is 55.3 Å². The van der Waals surface area contributed by atoms with Crippen molar-refractivity contribution in [1.82, 2.24) is 29.1 Å². The monoisotopic (exact) mass is 883 g/mol. The molecule has 26 heteroatoms. The molecule has 21 nitrogen and oxygen atoms in total. The number of nitrogens with zero attached hydrogens (tertiary/aromatic N) is 5. The molecule has 59 heavy (non-hydrogen) atoms.